The van der Waals surface area contributed by atoms with Gasteiger partial charge in [0, 0.05) is 11.8 Å². The second-order valence-electron chi connectivity index (χ2n) is 18.1. The lowest BCUT2D eigenvalue weighted by atomic mass is 9.41. The van der Waals surface area contributed by atoms with Crippen LogP contribution in [0.3, 0.4) is 0 Å². The van der Waals surface area contributed by atoms with Crippen molar-refractivity contribution in [2.24, 2.45) is 50.7 Å². The number of carbonyl (C=O) groups is 1. The lowest BCUT2D eigenvalue weighted by molar-refractivity contribution is -0.331. The third-order valence-electron chi connectivity index (χ3n) is 15.6. The zero-order valence-electron chi connectivity index (χ0n) is 28.9. The van der Waals surface area contributed by atoms with Gasteiger partial charge in [0.1, 0.15) is 30.2 Å². The molecule has 0 amide bonds. The number of aliphatic hydroxyl groups is 7. The molecule has 6 unspecified atom stereocenters. The number of Topliss-reactive ketones (excluding diaryl/α,β-unsaturated/α-hetero) is 1. The van der Waals surface area contributed by atoms with Gasteiger partial charge in [-0.25, -0.2) is 0 Å². The molecule has 1 aliphatic heterocycles. The van der Waals surface area contributed by atoms with Gasteiger partial charge < -0.3 is 45.2 Å². The molecule has 16 atom stereocenters. The Morgan fingerprint density at radius 2 is 1.63 bits per heavy atom. The molecular weight excluding hydrogens is 592 g/mol. The molecule has 5 aliphatic carbocycles. The molecule has 0 radical (unpaired) electrons. The van der Waals surface area contributed by atoms with Crippen molar-refractivity contribution in [2.75, 3.05) is 6.61 Å². The summed E-state index contributed by atoms with van der Waals surface area (Å²) in [6.45, 7) is 14.1. The molecule has 7 N–H and O–H groups in total. The van der Waals surface area contributed by atoms with Crippen LogP contribution in [0.5, 0.6) is 0 Å². The Bertz CT molecular complexity index is 1190. The van der Waals surface area contributed by atoms with Crippen molar-refractivity contribution in [3.63, 3.8) is 0 Å². The fourth-order valence-electron chi connectivity index (χ4n) is 12.5. The smallest absolute Gasteiger partial charge is 0.187 e. The molecule has 1 heterocycles. The highest BCUT2D eigenvalue weighted by Gasteiger charge is 2.86. The number of rotatable bonds is 8. The molecule has 0 aromatic rings. The average Bonchev–Trinajstić information content (AvgIpc) is 3.58. The molecule has 264 valence electrons. The zero-order chi connectivity index (χ0) is 34.0. The Balaban J connectivity index is 1.14. The molecular formula is C36H60O10. The van der Waals surface area contributed by atoms with E-state index >= 15 is 0 Å². The van der Waals surface area contributed by atoms with Crippen molar-refractivity contribution < 1.29 is 50.0 Å². The normalized spacial score (nSPS) is 52.6. The first-order chi connectivity index (χ1) is 21.2. The molecule has 6 rings (SSSR count). The van der Waals surface area contributed by atoms with E-state index in [9.17, 15) is 40.5 Å². The van der Waals surface area contributed by atoms with Crippen LogP contribution < -0.4 is 0 Å². The number of aliphatic hydroxyl groups excluding tert-OH is 7. The van der Waals surface area contributed by atoms with Crippen molar-refractivity contribution in [1.82, 2.24) is 0 Å². The van der Waals surface area contributed by atoms with Crippen LogP contribution in [-0.4, -0.2) is 103 Å². The van der Waals surface area contributed by atoms with Crippen LogP contribution in [0.2, 0.25) is 0 Å². The number of hydrogen-bond acceptors (Lipinski definition) is 10. The number of carbonyl (C=O) groups excluding carboxylic acids is 1. The number of ether oxygens (including phenoxy) is 2. The van der Waals surface area contributed by atoms with Gasteiger partial charge in [0.05, 0.1) is 30.5 Å². The van der Waals surface area contributed by atoms with E-state index in [4.69, 9.17) is 9.47 Å². The summed E-state index contributed by atoms with van der Waals surface area (Å²) in [6.07, 6.45) is -2.25. The number of hydrogen-bond donors (Lipinski definition) is 7. The first-order valence-corrected chi connectivity index (χ1v) is 17.8. The minimum atomic E-state index is -1.55. The van der Waals surface area contributed by atoms with Crippen LogP contribution in [0.25, 0.3) is 0 Å². The Labute approximate surface area is 273 Å². The third kappa shape index (κ3) is 4.57. The summed E-state index contributed by atoms with van der Waals surface area (Å²) in [5.74, 6) is 0.946. The molecule has 10 heteroatoms. The van der Waals surface area contributed by atoms with E-state index in [1.807, 2.05) is 0 Å². The molecule has 2 spiro atoms. The van der Waals surface area contributed by atoms with Crippen molar-refractivity contribution >= 4 is 5.78 Å². The summed E-state index contributed by atoms with van der Waals surface area (Å²) >= 11 is 0. The molecule has 0 aromatic carbocycles. The molecule has 0 aromatic heterocycles. The predicted molar refractivity (Wildman–Crippen MR) is 168 cm³/mol. The van der Waals surface area contributed by atoms with Crippen LogP contribution in [0.15, 0.2) is 0 Å². The lowest BCUT2D eigenvalue weighted by Gasteiger charge is -2.64. The summed E-state index contributed by atoms with van der Waals surface area (Å²) in [4.78, 5) is 13.8. The standard InChI is InChI=1S/C36H60O10/c1-18(8-9-23(39)32(4,5)46-30-28(44)27(43)26(42)21(16-37)45-30)19-10-11-34(7)29-20(38)14-22-31(2,3)24(40)15-25(41)36(22)17-35(29,36)13-12-33(19,34)6/h18-24,26-30,37-40,42-44H,8-17H2,1-7H3/t18-,19-,20+,21?,22?,23-,24-,26?,27?,28?,29+,30?,33-,34+,35+,36-/m1/s1. The Kier molecular flexibility index (Phi) is 8.52. The maximum atomic E-state index is 13.8. The lowest BCUT2D eigenvalue weighted by Crippen LogP contribution is -2.63. The molecule has 6 fully saturated rings. The molecule has 5 saturated carbocycles. The highest BCUT2D eigenvalue weighted by atomic mass is 16.7. The van der Waals surface area contributed by atoms with Gasteiger partial charge in [-0.3, -0.25) is 4.79 Å². The van der Waals surface area contributed by atoms with Gasteiger partial charge in [-0.05, 0) is 111 Å². The summed E-state index contributed by atoms with van der Waals surface area (Å²) in [7, 11) is 0. The molecule has 1 saturated heterocycles. The van der Waals surface area contributed by atoms with E-state index in [-0.39, 0.29) is 46.2 Å². The van der Waals surface area contributed by atoms with E-state index in [2.05, 4.69) is 34.6 Å². The summed E-state index contributed by atoms with van der Waals surface area (Å²) in [5.41, 5.74) is -2.29. The van der Waals surface area contributed by atoms with Gasteiger partial charge in [-0.15, -0.1) is 0 Å². The maximum absolute atomic E-state index is 13.8. The van der Waals surface area contributed by atoms with E-state index in [1.165, 1.54) is 0 Å². The Morgan fingerprint density at radius 3 is 2.28 bits per heavy atom. The van der Waals surface area contributed by atoms with Crippen molar-refractivity contribution in [2.45, 2.75) is 161 Å². The van der Waals surface area contributed by atoms with Gasteiger partial charge >= 0.3 is 0 Å². The molecule has 10 nitrogen and oxygen atoms in total. The summed E-state index contributed by atoms with van der Waals surface area (Å²) in [5, 5.41) is 74.4. The monoisotopic (exact) mass is 652 g/mol. The second-order valence-corrected chi connectivity index (χ2v) is 18.1. The Morgan fingerprint density at radius 1 is 0.957 bits per heavy atom. The Hall–Kier alpha value is -0.690. The van der Waals surface area contributed by atoms with Gasteiger partial charge in [0.25, 0.3) is 0 Å². The minimum absolute atomic E-state index is 0.00150. The van der Waals surface area contributed by atoms with Crippen LogP contribution >= 0.6 is 0 Å². The van der Waals surface area contributed by atoms with Crippen molar-refractivity contribution in [1.29, 1.82) is 0 Å². The topological polar surface area (TPSA) is 177 Å². The minimum Gasteiger partial charge on any atom is -0.394 e. The van der Waals surface area contributed by atoms with Gasteiger partial charge in [-0.1, -0.05) is 34.6 Å². The van der Waals surface area contributed by atoms with Gasteiger partial charge in [0.15, 0.2) is 6.29 Å². The maximum Gasteiger partial charge on any atom is 0.187 e. The van der Waals surface area contributed by atoms with E-state index in [0.717, 1.165) is 38.5 Å². The fraction of sp³-hybridized carbons (Fsp3) is 0.972. The van der Waals surface area contributed by atoms with Gasteiger partial charge in [-0.2, -0.15) is 0 Å². The largest absolute Gasteiger partial charge is 0.394 e. The third-order valence-corrected chi connectivity index (χ3v) is 15.6. The van der Waals surface area contributed by atoms with E-state index in [0.29, 0.717) is 18.8 Å². The average molecular weight is 653 g/mol. The van der Waals surface area contributed by atoms with Crippen molar-refractivity contribution in [3.05, 3.63) is 0 Å². The molecule has 46 heavy (non-hydrogen) atoms. The highest BCUT2D eigenvalue weighted by molar-refractivity contribution is 5.91. The van der Waals surface area contributed by atoms with Crippen LogP contribution in [0, 0.1) is 50.7 Å². The zero-order valence-corrected chi connectivity index (χ0v) is 28.9. The summed E-state index contributed by atoms with van der Waals surface area (Å²) in [6, 6.07) is 0. The summed E-state index contributed by atoms with van der Waals surface area (Å²) < 4.78 is 11.5. The van der Waals surface area contributed by atoms with Crippen LogP contribution in [0.4, 0.5) is 0 Å². The quantitative estimate of drug-likeness (QED) is 0.206. The molecule has 0 bridgehead atoms. The highest BCUT2D eigenvalue weighted by Crippen LogP contribution is 2.88. The van der Waals surface area contributed by atoms with Crippen LogP contribution in [0.1, 0.15) is 106 Å². The molecule has 6 aliphatic rings. The van der Waals surface area contributed by atoms with E-state index < -0.39 is 72.1 Å². The first-order valence-electron chi connectivity index (χ1n) is 17.8. The number of ketones is 1. The second kappa shape index (κ2) is 11.2. The number of fused-ring (bicyclic) bond motifs is 2. The fourth-order valence-corrected chi connectivity index (χ4v) is 12.5. The van der Waals surface area contributed by atoms with Gasteiger partial charge in [0.2, 0.25) is 0 Å². The first kappa shape index (κ1) is 35.1. The van der Waals surface area contributed by atoms with E-state index in [1.54, 1.807) is 13.8 Å². The van der Waals surface area contributed by atoms with Crippen molar-refractivity contribution in [3.8, 4) is 0 Å². The predicted octanol–water partition coefficient (Wildman–Crippen LogP) is 2.31. The SMILES string of the molecule is C[C@H](CC[C@@H](O)C(C)(C)OC1OC(CO)C(O)C(O)C1O)[C@H]1CC[C@@]2(C)[C@@H]3[C@@H](O)CC4C(C)(C)[C@H](O)CC(=O)[C@@]45C[C@@]35CC[C@]12C. The van der Waals surface area contributed by atoms with Crippen LogP contribution in [-0.2, 0) is 14.3 Å².